The number of carboxylic acids is 2. The Hall–Kier alpha value is -5.09. The molecule has 3 aromatic heterocycles. The largest absolute Gasteiger partial charge is 2.00 e. The Labute approximate surface area is 364 Å². The number of nitrogens with zero attached hydrogens (tertiary/aromatic N) is 4. The zero-order chi connectivity index (χ0) is 43.0. The number of carbonyl (C=O) groups excluding carboxylic acids is 1. The Bertz CT molecular complexity index is 2420. The van der Waals surface area contributed by atoms with Gasteiger partial charge in [0.15, 0.2) is 0 Å². The molecule has 0 saturated heterocycles. The maximum atomic E-state index is 12.8. The second-order valence-electron chi connectivity index (χ2n) is 16.3. The van der Waals surface area contributed by atoms with Crippen LogP contribution in [0, 0.1) is 12.8 Å². The maximum absolute atomic E-state index is 12.8. The maximum Gasteiger partial charge on any atom is 2.00 e. The van der Waals surface area contributed by atoms with Gasteiger partial charge in [0.2, 0.25) is 0 Å². The van der Waals surface area contributed by atoms with E-state index in [2.05, 4.69) is 46.4 Å². The molecule has 0 spiro atoms. The number of aldehydes is 1. The molecule has 10 nitrogen and oxygen atoms in total. The van der Waals surface area contributed by atoms with E-state index >= 15 is 0 Å². The van der Waals surface area contributed by atoms with Crippen molar-refractivity contribution in [2.24, 2.45) is 5.92 Å². The Morgan fingerprint density at radius 1 is 0.750 bits per heavy atom. The Balaban J connectivity index is 0.00000794. The van der Waals surface area contributed by atoms with Crippen LogP contribution in [0.2, 0.25) is 0 Å². The van der Waals surface area contributed by atoms with E-state index < -0.39 is 18.0 Å². The molecule has 3 N–H and O–H groups in total. The minimum atomic E-state index is -1.02. The molecule has 0 radical (unpaired) electrons. The summed E-state index contributed by atoms with van der Waals surface area (Å²) in [5.41, 5.74) is 12.3. The first-order valence-corrected chi connectivity index (χ1v) is 20.7. The topological polar surface area (TPSA) is 166 Å². The number of aliphatic hydroxyl groups is 1. The van der Waals surface area contributed by atoms with Gasteiger partial charge in [-0.15, -0.1) is 22.1 Å². The molecule has 2 aliphatic rings. The van der Waals surface area contributed by atoms with Gasteiger partial charge in [0.05, 0.1) is 28.9 Å². The SMILES string of the molecule is C=Cc1c(C)c2cc3nc(cc4[n-]c(cc5nc(cc1[n-]2)C(C)=C5CCC(=O)O)c(CCC(=O)O)c4C=O)C(C)=C3[C@@H](O)CCCC(C)CC/C=C(\C)CCC=C(C)C.[Fe+2]. The van der Waals surface area contributed by atoms with Gasteiger partial charge in [-0.05, 0) is 115 Å². The van der Waals surface area contributed by atoms with Crippen molar-refractivity contribution < 1.29 is 46.8 Å². The number of aromatic nitrogens is 4. The van der Waals surface area contributed by atoms with Crippen LogP contribution in [0.1, 0.15) is 156 Å². The predicted octanol–water partition coefficient (Wildman–Crippen LogP) is 10.7. The van der Waals surface area contributed by atoms with Crippen molar-refractivity contribution in [2.75, 3.05) is 0 Å². The standard InChI is InChI=1S/C49H60N4O6.Fe/c1-9-34-31(6)39-25-45-49(46(55)18-12-17-30(5)16-11-15-29(4)14-10-13-28(2)3)33(8)40(52-45)24-44-37(27-54)36(20-22-48(58)59)43(53-44)26-42-35(19-21-47(56)57)32(7)38(51-42)23-41(34)50-39;/h9,13,15,23-27,30,46,55H,1,10-12,14,16-22H2,2-8H3,(H4,50,51,52,53,54,56,57,58,59);/q;+2/p-2/b29-15+,38-23?,39-25?,40-24?,41-23?,42-26?,43-26?,44-24?,45-25?;/t30?,46-;/m0./s1. The number of carboxylic acid groups (broad SMARTS) is 2. The van der Waals surface area contributed by atoms with Crippen LogP contribution >= 0.6 is 0 Å². The molecule has 318 valence electrons. The normalized spacial score (nSPS) is 13.8. The van der Waals surface area contributed by atoms with Crippen molar-refractivity contribution >= 4 is 68.7 Å². The van der Waals surface area contributed by atoms with Gasteiger partial charge >= 0.3 is 29.0 Å². The number of aliphatic carboxylic acids is 2. The molecule has 2 atom stereocenters. The van der Waals surface area contributed by atoms with E-state index in [9.17, 15) is 29.7 Å². The van der Waals surface area contributed by atoms with Crippen LogP contribution in [-0.4, -0.2) is 49.6 Å². The first-order valence-electron chi connectivity index (χ1n) is 20.7. The summed E-state index contributed by atoms with van der Waals surface area (Å²) in [5, 5.41) is 31.1. The van der Waals surface area contributed by atoms with Gasteiger partial charge in [0.1, 0.15) is 6.29 Å². The quantitative estimate of drug-likeness (QED) is 0.0600. The Morgan fingerprint density at radius 2 is 1.35 bits per heavy atom. The van der Waals surface area contributed by atoms with E-state index in [0.717, 1.165) is 60.8 Å². The van der Waals surface area contributed by atoms with E-state index in [1.807, 2.05) is 32.9 Å². The monoisotopic (exact) mass is 854 g/mol. The molecule has 0 fully saturated rings. The Morgan fingerprint density at radius 3 is 2.00 bits per heavy atom. The fourth-order valence-electron chi connectivity index (χ4n) is 8.00. The average molecular weight is 855 g/mol. The van der Waals surface area contributed by atoms with Crippen LogP contribution in [0.25, 0.3) is 50.4 Å². The molecule has 5 rings (SSSR count). The summed E-state index contributed by atoms with van der Waals surface area (Å²) in [5.74, 6) is -1.47. The van der Waals surface area contributed by atoms with Crippen LogP contribution < -0.4 is 9.97 Å². The average Bonchev–Trinajstić information content (AvgIpc) is 3.85. The zero-order valence-electron chi connectivity index (χ0n) is 36.0. The van der Waals surface area contributed by atoms with Gasteiger partial charge in [0.25, 0.3) is 0 Å². The smallest absolute Gasteiger partial charge is 0.657 e. The first kappa shape index (κ1) is 47.6. The van der Waals surface area contributed by atoms with Crippen LogP contribution in [-0.2, 0) is 33.1 Å². The molecule has 3 aromatic rings. The van der Waals surface area contributed by atoms with Crippen molar-refractivity contribution in [1.29, 1.82) is 0 Å². The number of rotatable bonds is 19. The third kappa shape index (κ3) is 11.6. The van der Waals surface area contributed by atoms with Gasteiger partial charge in [-0.3, -0.25) is 14.4 Å². The van der Waals surface area contributed by atoms with Crippen LogP contribution in [0.5, 0.6) is 0 Å². The molecule has 0 aromatic carbocycles. The fraction of sp³-hybridized carbons (Fsp3) is 0.408. The molecular formula is C49H58FeN4O6. The number of fused-ring (bicyclic) bond motifs is 8. The molecule has 0 aliphatic carbocycles. The molecule has 0 saturated carbocycles. The Kier molecular flexibility index (Phi) is 17.0. The van der Waals surface area contributed by atoms with E-state index in [-0.39, 0.29) is 48.3 Å². The van der Waals surface area contributed by atoms with E-state index in [0.29, 0.717) is 80.2 Å². The van der Waals surface area contributed by atoms with Crippen LogP contribution in [0.15, 0.2) is 54.1 Å². The molecule has 11 heteroatoms. The molecule has 5 heterocycles. The third-order valence-corrected chi connectivity index (χ3v) is 11.5. The second kappa shape index (κ2) is 21.4. The summed E-state index contributed by atoms with van der Waals surface area (Å²) in [7, 11) is 0. The van der Waals surface area contributed by atoms with E-state index in [1.54, 1.807) is 18.2 Å². The van der Waals surface area contributed by atoms with E-state index in [1.165, 1.54) is 11.1 Å². The summed E-state index contributed by atoms with van der Waals surface area (Å²) in [6.45, 7) is 18.6. The van der Waals surface area contributed by atoms with Crippen molar-refractivity contribution in [3.8, 4) is 0 Å². The van der Waals surface area contributed by atoms with Crippen molar-refractivity contribution in [3.05, 3.63) is 99.2 Å². The number of allylic oxidation sites excluding steroid dienone is 7. The molecule has 2 aliphatic heterocycles. The summed E-state index contributed by atoms with van der Waals surface area (Å²) in [4.78, 5) is 56.1. The van der Waals surface area contributed by atoms with E-state index in [4.69, 9.17) is 19.9 Å². The zero-order valence-corrected chi connectivity index (χ0v) is 37.1. The fourth-order valence-corrected chi connectivity index (χ4v) is 8.00. The molecule has 1 unspecified atom stereocenters. The summed E-state index contributed by atoms with van der Waals surface area (Å²) in [6, 6.07) is 7.17. The number of hydrogen-bond acceptors (Lipinski definition) is 6. The van der Waals surface area contributed by atoms with Gasteiger partial charge in [-0.1, -0.05) is 91.1 Å². The molecule has 60 heavy (non-hydrogen) atoms. The predicted molar refractivity (Wildman–Crippen MR) is 238 cm³/mol. The number of hydrogen-bond donors (Lipinski definition) is 3. The number of aryl methyl sites for hydroxylation is 2. The number of aliphatic hydroxyl groups excluding tert-OH is 1. The third-order valence-electron chi connectivity index (χ3n) is 11.5. The molecular weight excluding hydrogens is 796 g/mol. The van der Waals surface area contributed by atoms with Crippen LogP contribution in [0.4, 0.5) is 0 Å². The summed E-state index contributed by atoms with van der Waals surface area (Å²) >= 11 is 0. The first-order chi connectivity index (χ1) is 28.1. The summed E-state index contributed by atoms with van der Waals surface area (Å²) in [6.07, 6.45) is 12.8. The second-order valence-corrected chi connectivity index (χ2v) is 16.3. The van der Waals surface area contributed by atoms with Gasteiger partial charge in [-0.25, -0.2) is 9.97 Å². The van der Waals surface area contributed by atoms with Crippen molar-refractivity contribution in [3.63, 3.8) is 0 Å². The summed E-state index contributed by atoms with van der Waals surface area (Å²) < 4.78 is 0. The number of carbonyl (C=O) groups is 3. The van der Waals surface area contributed by atoms with Gasteiger partial charge < -0.3 is 25.3 Å². The molecule has 8 bridgehead atoms. The molecule has 0 amide bonds. The minimum Gasteiger partial charge on any atom is -0.657 e. The van der Waals surface area contributed by atoms with Gasteiger partial charge in [-0.2, -0.15) is 0 Å². The van der Waals surface area contributed by atoms with Crippen molar-refractivity contribution in [2.45, 2.75) is 125 Å². The van der Waals surface area contributed by atoms with Gasteiger partial charge in [0, 0.05) is 24.0 Å². The minimum absolute atomic E-state index is 0. The van der Waals surface area contributed by atoms with Crippen molar-refractivity contribution in [1.82, 2.24) is 19.9 Å². The van der Waals surface area contributed by atoms with Crippen LogP contribution in [0.3, 0.4) is 0 Å².